The Morgan fingerprint density at radius 2 is 1.71 bits per heavy atom. The number of imidazole rings is 1. The quantitative estimate of drug-likeness (QED) is 0.575. The summed E-state index contributed by atoms with van der Waals surface area (Å²) in [6.07, 6.45) is 4.89. The fraction of sp³-hybridized carbons (Fsp3) is 0.211. The van der Waals surface area contributed by atoms with Crippen LogP contribution in [0.3, 0.4) is 0 Å². The molecular formula is C19H19IN2O2. The lowest BCUT2D eigenvalue weighted by Gasteiger charge is -2.20. The highest BCUT2D eigenvalue weighted by molar-refractivity contribution is 14.1. The maximum Gasteiger partial charge on any atom is 0.127 e. The van der Waals surface area contributed by atoms with E-state index >= 15 is 0 Å². The van der Waals surface area contributed by atoms with E-state index in [0.717, 1.165) is 23.6 Å². The maximum absolute atomic E-state index is 10.5. The molecule has 3 aromatic rings. The number of aliphatic hydroxyl groups is 1. The third kappa shape index (κ3) is 4.36. The van der Waals surface area contributed by atoms with Crippen molar-refractivity contribution in [2.24, 2.45) is 5.92 Å². The molecule has 0 radical (unpaired) electrons. The molecule has 124 valence electrons. The van der Waals surface area contributed by atoms with Crippen LogP contribution in [0, 0.1) is 9.49 Å². The van der Waals surface area contributed by atoms with E-state index in [2.05, 4.69) is 27.6 Å². The minimum atomic E-state index is -0.528. The van der Waals surface area contributed by atoms with E-state index in [0.29, 0.717) is 0 Å². The van der Waals surface area contributed by atoms with Gasteiger partial charge in [-0.25, -0.2) is 4.98 Å². The zero-order valence-corrected chi connectivity index (χ0v) is 15.5. The zero-order valence-electron chi connectivity index (χ0n) is 13.3. The summed E-state index contributed by atoms with van der Waals surface area (Å²) >= 11 is 2.26. The third-order valence-electron chi connectivity index (χ3n) is 3.87. The number of rotatable bonds is 6. The second-order valence-electron chi connectivity index (χ2n) is 5.81. The summed E-state index contributed by atoms with van der Waals surface area (Å²) in [5, 5.41) is 10.5. The van der Waals surface area contributed by atoms with Crippen molar-refractivity contribution in [3.05, 3.63) is 76.4 Å². The van der Waals surface area contributed by atoms with Gasteiger partial charge in [0.2, 0.25) is 0 Å². The Bertz CT molecular complexity index is 755. The van der Waals surface area contributed by atoms with E-state index in [-0.39, 0.29) is 5.92 Å². The van der Waals surface area contributed by atoms with Gasteiger partial charge in [0.15, 0.2) is 0 Å². The van der Waals surface area contributed by atoms with Crippen LogP contribution in [0.2, 0.25) is 0 Å². The maximum atomic E-state index is 10.5. The highest BCUT2D eigenvalue weighted by Crippen LogP contribution is 2.27. The van der Waals surface area contributed by atoms with Crippen molar-refractivity contribution < 1.29 is 9.84 Å². The summed E-state index contributed by atoms with van der Waals surface area (Å²) in [5.41, 5.74) is 0.887. The highest BCUT2D eigenvalue weighted by atomic mass is 127. The number of benzene rings is 2. The summed E-state index contributed by atoms with van der Waals surface area (Å²) < 4.78 is 8.96. The van der Waals surface area contributed by atoms with Crippen LogP contribution in [0.5, 0.6) is 11.5 Å². The van der Waals surface area contributed by atoms with Gasteiger partial charge in [-0.05, 0) is 64.6 Å². The second kappa shape index (κ2) is 7.81. The number of hydrogen-bond donors (Lipinski definition) is 1. The van der Waals surface area contributed by atoms with Crippen LogP contribution >= 0.6 is 22.6 Å². The van der Waals surface area contributed by atoms with E-state index in [9.17, 15) is 5.11 Å². The van der Waals surface area contributed by atoms with Crippen LogP contribution < -0.4 is 4.74 Å². The molecule has 2 atom stereocenters. The van der Waals surface area contributed by atoms with Crippen molar-refractivity contribution in [2.75, 3.05) is 0 Å². The van der Waals surface area contributed by atoms with Crippen LogP contribution in [0.25, 0.3) is 0 Å². The van der Waals surface area contributed by atoms with Crippen molar-refractivity contribution in [3.8, 4) is 11.5 Å². The summed E-state index contributed by atoms with van der Waals surface area (Å²) in [6, 6.07) is 15.5. The molecule has 4 nitrogen and oxygen atoms in total. The van der Waals surface area contributed by atoms with Gasteiger partial charge in [-0.1, -0.05) is 19.1 Å². The van der Waals surface area contributed by atoms with Crippen LogP contribution in [-0.2, 0) is 6.54 Å². The van der Waals surface area contributed by atoms with Gasteiger partial charge >= 0.3 is 0 Å². The summed E-state index contributed by atoms with van der Waals surface area (Å²) in [4.78, 5) is 4.03. The first-order valence-electron chi connectivity index (χ1n) is 7.79. The molecule has 2 unspecified atom stereocenters. The SMILES string of the molecule is CC(Cn1ccnc1)C(O)c1ccc(Oc2ccc(I)cc2)cc1. The van der Waals surface area contributed by atoms with Crippen LogP contribution in [0.4, 0.5) is 0 Å². The van der Waals surface area contributed by atoms with Gasteiger partial charge in [-0.2, -0.15) is 0 Å². The molecule has 3 rings (SSSR count). The Hall–Kier alpha value is -1.86. The predicted molar refractivity (Wildman–Crippen MR) is 102 cm³/mol. The molecule has 0 amide bonds. The number of aromatic nitrogens is 2. The van der Waals surface area contributed by atoms with Gasteiger partial charge in [0.05, 0.1) is 12.4 Å². The average molecular weight is 434 g/mol. The first-order chi connectivity index (χ1) is 11.6. The minimum absolute atomic E-state index is 0.0853. The topological polar surface area (TPSA) is 47.3 Å². The smallest absolute Gasteiger partial charge is 0.127 e. The fourth-order valence-electron chi connectivity index (χ4n) is 2.53. The number of ether oxygens (including phenoxy) is 1. The Morgan fingerprint density at radius 1 is 1.08 bits per heavy atom. The van der Waals surface area contributed by atoms with Gasteiger partial charge in [-0.3, -0.25) is 0 Å². The van der Waals surface area contributed by atoms with Crippen LogP contribution in [-0.4, -0.2) is 14.7 Å². The van der Waals surface area contributed by atoms with Crippen molar-refractivity contribution in [1.29, 1.82) is 0 Å². The number of aliphatic hydroxyl groups excluding tert-OH is 1. The Kier molecular flexibility index (Phi) is 5.52. The van der Waals surface area contributed by atoms with E-state index in [4.69, 9.17) is 4.74 Å². The molecule has 0 aliphatic heterocycles. The summed E-state index contributed by atoms with van der Waals surface area (Å²) in [6.45, 7) is 2.75. The molecule has 0 spiro atoms. The number of halogens is 1. The molecule has 5 heteroatoms. The van der Waals surface area contributed by atoms with Crippen molar-refractivity contribution in [3.63, 3.8) is 0 Å². The van der Waals surface area contributed by atoms with E-state index < -0.39 is 6.10 Å². The molecular weight excluding hydrogens is 415 g/mol. The molecule has 0 saturated carbocycles. The van der Waals surface area contributed by atoms with Crippen molar-refractivity contribution in [1.82, 2.24) is 9.55 Å². The minimum Gasteiger partial charge on any atom is -0.457 e. The van der Waals surface area contributed by atoms with Crippen LogP contribution in [0.1, 0.15) is 18.6 Å². The molecule has 0 bridgehead atoms. The molecule has 24 heavy (non-hydrogen) atoms. The highest BCUT2D eigenvalue weighted by Gasteiger charge is 2.17. The Labute approximate surface area is 155 Å². The van der Waals surface area contributed by atoms with E-state index in [1.807, 2.05) is 66.2 Å². The lowest BCUT2D eigenvalue weighted by molar-refractivity contribution is 0.107. The van der Waals surface area contributed by atoms with E-state index in [1.165, 1.54) is 3.57 Å². The standard InChI is InChI=1S/C19H19IN2O2/c1-14(12-22-11-10-21-13-22)19(23)15-2-6-17(7-3-15)24-18-8-4-16(20)5-9-18/h2-11,13-14,19,23H,12H2,1H3. The Balaban J connectivity index is 1.63. The fourth-order valence-corrected chi connectivity index (χ4v) is 2.89. The van der Waals surface area contributed by atoms with Gasteiger partial charge < -0.3 is 14.4 Å². The molecule has 0 saturated heterocycles. The number of nitrogens with zero attached hydrogens (tertiary/aromatic N) is 2. The van der Waals surface area contributed by atoms with E-state index in [1.54, 1.807) is 12.5 Å². The monoisotopic (exact) mass is 434 g/mol. The lowest BCUT2D eigenvalue weighted by atomic mass is 9.97. The van der Waals surface area contributed by atoms with Gasteiger partial charge in [-0.15, -0.1) is 0 Å². The van der Waals surface area contributed by atoms with Gasteiger partial charge in [0.1, 0.15) is 11.5 Å². The third-order valence-corrected chi connectivity index (χ3v) is 4.59. The first kappa shape index (κ1) is 17.0. The first-order valence-corrected chi connectivity index (χ1v) is 8.87. The van der Waals surface area contributed by atoms with Gasteiger partial charge in [0.25, 0.3) is 0 Å². The molecule has 1 N–H and O–H groups in total. The molecule has 0 aliphatic rings. The average Bonchev–Trinajstić information content (AvgIpc) is 3.10. The predicted octanol–water partition coefficient (Wildman–Crippen LogP) is 4.65. The largest absolute Gasteiger partial charge is 0.457 e. The number of hydrogen-bond acceptors (Lipinski definition) is 3. The lowest BCUT2D eigenvalue weighted by Crippen LogP contribution is -2.15. The molecule has 1 heterocycles. The summed E-state index contributed by atoms with van der Waals surface area (Å²) in [7, 11) is 0. The Morgan fingerprint density at radius 3 is 2.29 bits per heavy atom. The summed E-state index contributed by atoms with van der Waals surface area (Å²) in [5.74, 6) is 1.65. The second-order valence-corrected chi connectivity index (χ2v) is 7.05. The van der Waals surface area contributed by atoms with Crippen molar-refractivity contribution >= 4 is 22.6 Å². The zero-order chi connectivity index (χ0) is 16.9. The molecule has 1 aromatic heterocycles. The molecule has 0 fully saturated rings. The van der Waals surface area contributed by atoms with Gasteiger partial charge in [0, 0.05) is 28.4 Å². The van der Waals surface area contributed by atoms with Crippen molar-refractivity contribution in [2.45, 2.75) is 19.6 Å². The normalized spacial score (nSPS) is 13.5. The van der Waals surface area contributed by atoms with Crippen LogP contribution in [0.15, 0.2) is 67.3 Å². The molecule has 2 aromatic carbocycles. The molecule has 0 aliphatic carbocycles.